The van der Waals surface area contributed by atoms with Gasteiger partial charge in [0, 0.05) is 30.2 Å². The molecule has 2 N–H and O–H groups in total. The molecule has 1 aliphatic rings. The van der Waals surface area contributed by atoms with Crippen LogP contribution < -0.4 is 5.43 Å². The number of para-hydroxylation sites is 1. The third-order valence-corrected chi connectivity index (χ3v) is 3.84. The lowest BCUT2D eigenvalue weighted by Gasteiger charge is -2.15. The molecule has 2 heterocycles. The van der Waals surface area contributed by atoms with Crippen LogP contribution in [0.25, 0.3) is 10.9 Å². The summed E-state index contributed by atoms with van der Waals surface area (Å²) in [5.74, 6) is -1.86. The van der Waals surface area contributed by atoms with Gasteiger partial charge in [0.2, 0.25) is 5.43 Å². The zero-order chi connectivity index (χ0) is 15.0. The highest BCUT2D eigenvalue weighted by molar-refractivity contribution is 5.97. The van der Waals surface area contributed by atoms with E-state index in [4.69, 9.17) is 5.11 Å². The average Bonchev–Trinajstić information content (AvgIpc) is 2.97. The van der Waals surface area contributed by atoms with Gasteiger partial charge in [0.1, 0.15) is 5.56 Å². The van der Waals surface area contributed by atoms with Crippen LogP contribution in [0.4, 0.5) is 0 Å². The van der Waals surface area contributed by atoms with Gasteiger partial charge in [0.15, 0.2) is 0 Å². The molecule has 0 aliphatic carbocycles. The second-order valence-electron chi connectivity index (χ2n) is 5.15. The van der Waals surface area contributed by atoms with Crippen molar-refractivity contribution < 1.29 is 14.7 Å². The van der Waals surface area contributed by atoms with E-state index in [0.29, 0.717) is 23.9 Å². The highest BCUT2D eigenvalue weighted by atomic mass is 16.4. The fourth-order valence-corrected chi connectivity index (χ4v) is 2.64. The SMILES string of the molecule is O=C(O)C1CCN(C(=O)c2c[nH]c3ccccc3c2=O)C1. The van der Waals surface area contributed by atoms with Crippen molar-refractivity contribution in [2.24, 2.45) is 5.92 Å². The number of hydrogen-bond acceptors (Lipinski definition) is 3. The number of carbonyl (C=O) groups excluding carboxylic acids is 1. The number of aromatic amines is 1. The Balaban J connectivity index is 1.94. The zero-order valence-corrected chi connectivity index (χ0v) is 11.2. The molecule has 6 heteroatoms. The number of carbonyl (C=O) groups is 2. The highest BCUT2D eigenvalue weighted by Crippen LogP contribution is 2.18. The van der Waals surface area contributed by atoms with E-state index in [1.807, 2.05) is 0 Å². The summed E-state index contributed by atoms with van der Waals surface area (Å²) >= 11 is 0. The van der Waals surface area contributed by atoms with Gasteiger partial charge in [0.05, 0.1) is 5.92 Å². The van der Waals surface area contributed by atoms with Crippen LogP contribution in [0.1, 0.15) is 16.8 Å². The number of benzene rings is 1. The van der Waals surface area contributed by atoms with E-state index in [2.05, 4.69) is 4.98 Å². The minimum Gasteiger partial charge on any atom is -0.481 e. The van der Waals surface area contributed by atoms with Crippen LogP contribution >= 0.6 is 0 Å². The maximum absolute atomic E-state index is 12.4. The summed E-state index contributed by atoms with van der Waals surface area (Å²) in [5.41, 5.74) is 0.400. The molecule has 1 aromatic heterocycles. The number of nitrogens with one attached hydrogen (secondary N) is 1. The van der Waals surface area contributed by atoms with E-state index >= 15 is 0 Å². The molecule has 21 heavy (non-hydrogen) atoms. The van der Waals surface area contributed by atoms with Crippen LogP contribution in [-0.2, 0) is 4.79 Å². The van der Waals surface area contributed by atoms with Crippen molar-refractivity contribution in [2.75, 3.05) is 13.1 Å². The minimum atomic E-state index is -0.905. The number of aromatic nitrogens is 1. The number of rotatable bonds is 2. The number of amides is 1. The van der Waals surface area contributed by atoms with E-state index in [1.54, 1.807) is 24.3 Å². The minimum absolute atomic E-state index is 0.0553. The molecule has 2 aromatic rings. The molecule has 0 radical (unpaired) electrons. The summed E-state index contributed by atoms with van der Waals surface area (Å²) < 4.78 is 0. The van der Waals surface area contributed by atoms with E-state index in [9.17, 15) is 14.4 Å². The smallest absolute Gasteiger partial charge is 0.308 e. The number of aliphatic carboxylic acids is 1. The molecule has 0 saturated carbocycles. The molecule has 1 aliphatic heterocycles. The van der Waals surface area contributed by atoms with Crippen LogP contribution in [0.2, 0.25) is 0 Å². The Bertz CT molecular complexity index is 781. The summed E-state index contributed by atoms with van der Waals surface area (Å²) in [7, 11) is 0. The molecular formula is C15H14N2O4. The Morgan fingerprint density at radius 1 is 1.29 bits per heavy atom. The molecule has 1 aromatic carbocycles. The van der Waals surface area contributed by atoms with Crippen LogP contribution in [0.3, 0.4) is 0 Å². The number of carboxylic acids is 1. The average molecular weight is 286 g/mol. The van der Waals surface area contributed by atoms with Gasteiger partial charge in [-0.25, -0.2) is 0 Å². The van der Waals surface area contributed by atoms with E-state index in [0.717, 1.165) is 0 Å². The van der Waals surface area contributed by atoms with Crippen molar-refractivity contribution >= 4 is 22.8 Å². The largest absolute Gasteiger partial charge is 0.481 e. The molecular weight excluding hydrogens is 272 g/mol. The first-order chi connectivity index (χ1) is 10.1. The molecule has 6 nitrogen and oxygen atoms in total. The number of hydrogen-bond donors (Lipinski definition) is 2. The monoisotopic (exact) mass is 286 g/mol. The number of fused-ring (bicyclic) bond motifs is 1. The number of pyridine rings is 1. The van der Waals surface area contributed by atoms with Crippen LogP contribution in [0.15, 0.2) is 35.3 Å². The predicted molar refractivity (Wildman–Crippen MR) is 76.2 cm³/mol. The van der Waals surface area contributed by atoms with Gasteiger partial charge < -0.3 is 15.0 Å². The molecule has 1 fully saturated rings. The van der Waals surface area contributed by atoms with Crippen molar-refractivity contribution in [3.63, 3.8) is 0 Å². The maximum atomic E-state index is 12.4. The van der Waals surface area contributed by atoms with Gasteiger partial charge in [0.25, 0.3) is 5.91 Å². The lowest BCUT2D eigenvalue weighted by molar-refractivity contribution is -0.141. The van der Waals surface area contributed by atoms with Crippen molar-refractivity contribution in [2.45, 2.75) is 6.42 Å². The first-order valence-electron chi connectivity index (χ1n) is 6.70. The fourth-order valence-electron chi connectivity index (χ4n) is 2.64. The molecule has 1 atom stereocenters. The van der Waals surface area contributed by atoms with Gasteiger partial charge in [-0.2, -0.15) is 0 Å². The molecule has 1 saturated heterocycles. The normalized spacial score (nSPS) is 18.1. The standard InChI is InChI=1S/C15H14N2O4/c18-13-10-3-1-2-4-12(10)16-7-11(13)14(19)17-6-5-9(8-17)15(20)21/h1-4,7,9H,5-6,8H2,(H,16,18)(H,20,21). The predicted octanol–water partition coefficient (Wildman–Crippen LogP) is 1.07. The Morgan fingerprint density at radius 3 is 2.76 bits per heavy atom. The first kappa shape index (κ1) is 13.4. The zero-order valence-electron chi connectivity index (χ0n) is 11.2. The van der Waals surface area contributed by atoms with E-state index in [1.165, 1.54) is 11.1 Å². The van der Waals surface area contributed by atoms with Crippen LogP contribution in [0, 0.1) is 5.92 Å². The van der Waals surface area contributed by atoms with Crippen molar-refractivity contribution in [1.29, 1.82) is 0 Å². The second-order valence-corrected chi connectivity index (χ2v) is 5.15. The number of likely N-dealkylation sites (tertiary alicyclic amines) is 1. The van der Waals surface area contributed by atoms with Gasteiger partial charge in [-0.3, -0.25) is 14.4 Å². The first-order valence-corrected chi connectivity index (χ1v) is 6.70. The second kappa shape index (κ2) is 5.05. The van der Waals surface area contributed by atoms with Crippen molar-refractivity contribution in [3.8, 4) is 0 Å². The molecule has 3 rings (SSSR count). The Hall–Kier alpha value is -2.63. The summed E-state index contributed by atoms with van der Waals surface area (Å²) in [6.45, 7) is 0.516. The molecule has 0 bridgehead atoms. The summed E-state index contributed by atoms with van der Waals surface area (Å²) in [4.78, 5) is 40.1. The maximum Gasteiger partial charge on any atom is 0.308 e. The Morgan fingerprint density at radius 2 is 2.05 bits per heavy atom. The van der Waals surface area contributed by atoms with Gasteiger partial charge in [-0.15, -0.1) is 0 Å². The number of nitrogens with zero attached hydrogens (tertiary/aromatic N) is 1. The topological polar surface area (TPSA) is 90.5 Å². The lowest BCUT2D eigenvalue weighted by atomic mass is 10.1. The summed E-state index contributed by atoms with van der Waals surface area (Å²) in [6, 6.07) is 6.97. The van der Waals surface area contributed by atoms with E-state index in [-0.39, 0.29) is 17.5 Å². The summed E-state index contributed by atoms with van der Waals surface area (Å²) in [6.07, 6.45) is 1.83. The third kappa shape index (κ3) is 2.29. The lowest BCUT2D eigenvalue weighted by Crippen LogP contribution is -2.33. The Labute approximate surface area is 120 Å². The van der Waals surface area contributed by atoms with Crippen molar-refractivity contribution in [3.05, 3.63) is 46.2 Å². The van der Waals surface area contributed by atoms with E-state index < -0.39 is 17.8 Å². The molecule has 1 unspecified atom stereocenters. The fraction of sp³-hybridized carbons (Fsp3) is 0.267. The third-order valence-electron chi connectivity index (χ3n) is 3.84. The molecule has 0 spiro atoms. The number of H-pyrrole nitrogens is 1. The summed E-state index contributed by atoms with van der Waals surface area (Å²) in [5, 5.41) is 9.43. The van der Waals surface area contributed by atoms with Crippen LogP contribution in [0.5, 0.6) is 0 Å². The van der Waals surface area contributed by atoms with Gasteiger partial charge in [-0.1, -0.05) is 12.1 Å². The van der Waals surface area contributed by atoms with Crippen LogP contribution in [-0.4, -0.2) is 40.0 Å². The van der Waals surface area contributed by atoms with Crippen molar-refractivity contribution in [1.82, 2.24) is 9.88 Å². The molecule has 108 valence electrons. The van der Waals surface area contributed by atoms with Gasteiger partial charge >= 0.3 is 5.97 Å². The quantitative estimate of drug-likeness (QED) is 0.864. The Kier molecular flexibility index (Phi) is 3.21. The number of carboxylic acid groups (broad SMARTS) is 1. The highest BCUT2D eigenvalue weighted by Gasteiger charge is 2.32. The van der Waals surface area contributed by atoms with Gasteiger partial charge in [-0.05, 0) is 18.6 Å². The molecule has 1 amide bonds.